The number of nitrogens with zero attached hydrogens (tertiary/aromatic N) is 2. The predicted molar refractivity (Wildman–Crippen MR) is 80.8 cm³/mol. The van der Waals surface area contributed by atoms with Gasteiger partial charge in [-0.05, 0) is 17.5 Å². The van der Waals surface area contributed by atoms with E-state index in [0.29, 0.717) is 5.56 Å². The molecule has 3 nitrogen and oxygen atoms in total. The van der Waals surface area contributed by atoms with E-state index in [1.54, 1.807) is 0 Å². The molecule has 0 aliphatic carbocycles. The number of hydrogen-bond donors (Lipinski definition) is 1. The zero-order valence-corrected chi connectivity index (χ0v) is 12.6. The second-order valence-electron chi connectivity index (χ2n) is 6.10. The molecule has 1 aromatic rings. The van der Waals surface area contributed by atoms with Gasteiger partial charge in [0.2, 0.25) is 0 Å². The lowest BCUT2D eigenvalue weighted by Gasteiger charge is -2.35. The van der Waals surface area contributed by atoms with Crippen LogP contribution in [-0.2, 0) is 13.1 Å². The van der Waals surface area contributed by atoms with Gasteiger partial charge < -0.3 is 10.6 Å². The van der Waals surface area contributed by atoms with E-state index in [1.165, 1.54) is 12.6 Å². The first-order valence-corrected chi connectivity index (χ1v) is 7.50. The SMILES string of the molecule is CC(C)CN1CCN(Cc2ccc(F)c(CN)c2)CC1. The summed E-state index contributed by atoms with van der Waals surface area (Å²) < 4.78 is 13.4. The lowest BCUT2D eigenvalue weighted by molar-refractivity contribution is 0.117. The molecule has 0 aromatic heterocycles. The summed E-state index contributed by atoms with van der Waals surface area (Å²) in [6.45, 7) is 11.3. The van der Waals surface area contributed by atoms with Crippen LogP contribution in [0.1, 0.15) is 25.0 Å². The van der Waals surface area contributed by atoms with Gasteiger partial charge in [0.25, 0.3) is 0 Å². The van der Waals surface area contributed by atoms with Gasteiger partial charge in [0.1, 0.15) is 5.82 Å². The van der Waals surface area contributed by atoms with Gasteiger partial charge in [0.15, 0.2) is 0 Å². The van der Waals surface area contributed by atoms with Crippen LogP contribution in [0, 0.1) is 11.7 Å². The van der Waals surface area contributed by atoms with E-state index in [2.05, 4.69) is 23.6 Å². The number of halogens is 1. The molecule has 1 aliphatic rings. The monoisotopic (exact) mass is 279 g/mol. The zero-order chi connectivity index (χ0) is 14.5. The Morgan fingerprint density at radius 1 is 1.15 bits per heavy atom. The molecule has 0 unspecified atom stereocenters. The molecule has 0 saturated carbocycles. The minimum Gasteiger partial charge on any atom is -0.326 e. The summed E-state index contributed by atoms with van der Waals surface area (Å²) >= 11 is 0. The van der Waals surface area contributed by atoms with E-state index in [0.717, 1.165) is 44.2 Å². The van der Waals surface area contributed by atoms with Crippen molar-refractivity contribution in [1.29, 1.82) is 0 Å². The molecule has 0 spiro atoms. The molecule has 0 bridgehead atoms. The van der Waals surface area contributed by atoms with Crippen molar-refractivity contribution in [2.75, 3.05) is 32.7 Å². The number of nitrogens with two attached hydrogens (primary N) is 1. The van der Waals surface area contributed by atoms with Gasteiger partial charge in [-0.3, -0.25) is 4.90 Å². The third kappa shape index (κ3) is 4.27. The fraction of sp³-hybridized carbons (Fsp3) is 0.625. The second kappa shape index (κ2) is 7.16. The maximum absolute atomic E-state index is 13.4. The molecule has 0 radical (unpaired) electrons. The van der Waals surface area contributed by atoms with Crippen LogP contribution < -0.4 is 5.73 Å². The van der Waals surface area contributed by atoms with Gasteiger partial charge in [-0.1, -0.05) is 26.0 Å². The highest BCUT2D eigenvalue weighted by Crippen LogP contribution is 2.14. The molecule has 1 saturated heterocycles. The fourth-order valence-electron chi connectivity index (χ4n) is 2.79. The second-order valence-corrected chi connectivity index (χ2v) is 6.10. The van der Waals surface area contributed by atoms with Gasteiger partial charge >= 0.3 is 0 Å². The number of rotatable bonds is 5. The van der Waals surface area contributed by atoms with Crippen molar-refractivity contribution in [3.05, 3.63) is 35.1 Å². The van der Waals surface area contributed by atoms with Crippen LogP contribution in [0.5, 0.6) is 0 Å². The van der Waals surface area contributed by atoms with Gasteiger partial charge in [-0.15, -0.1) is 0 Å². The molecule has 2 rings (SSSR count). The van der Waals surface area contributed by atoms with Crippen molar-refractivity contribution in [1.82, 2.24) is 9.80 Å². The van der Waals surface area contributed by atoms with Crippen molar-refractivity contribution >= 4 is 0 Å². The Morgan fingerprint density at radius 2 is 1.80 bits per heavy atom. The van der Waals surface area contributed by atoms with Crippen LogP contribution in [-0.4, -0.2) is 42.5 Å². The zero-order valence-electron chi connectivity index (χ0n) is 12.6. The smallest absolute Gasteiger partial charge is 0.127 e. The lowest BCUT2D eigenvalue weighted by Crippen LogP contribution is -2.46. The first-order valence-electron chi connectivity index (χ1n) is 7.50. The highest BCUT2D eigenvalue weighted by molar-refractivity contribution is 5.25. The average Bonchev–Trinajstić information content (AvgIpc) is 2.42. The molecule has 1 aliphatic heterocycles. The van der Waals surface area contributed by atoms with E-state index >= 15 is 0 Å². The Bertz CT molecular complexity index is 426. The summed E-state index contributed by atoms with van der Waals surface area (Å²) in [6.07, 6.45) is 0. The topological polar surface area (TPSA) is 32.5 Å². The third-order valence-electron chi connectivity index (χ3n) is 3.82. The molecule has 2 N–H and O–H groups in total. The first-order chi connectivity index (χ1) is 9.58. The highest BCUT2D eigenvalue weighted by Gasteiger charge is 2.17. The van der Waals surface area contributed by atoms with Gasteiger partial charge in [0.05, 0.1) is 0 Å². The molecular formula is C16H26FN3. The van der Waals surface area contributed by atoms with E-state index < -0.39 is 0 Å². The van der Waals surface area contributed by atoms with Crippen LogP contribution in [0.25, 0.3) is 0 Å². The van der Waals surface area contributed by atoms with Crippen molar-refractivity contribution in [2.45, 2.75) is 26.9 Å². The standard InChI is InChI=1S/C16H26FN3/c1-13(2)11-19-5-7-20(8-6-19)12-14-3-4-16(17)15(9-14)10-18/h3-4,9,13H,5-8,10-12,18H2,1-2H3. The molecule has 1 fully saturated rings. The van der Waals surface area contributed by atoms with Crippen LogP contribution in [0.3, 0.4) is 0 Å². The van der Waals surface area contributed by atoms with E-state index in [9.17, 15) is 4.39 Å². The van der Waals surface area contributed by atoms with Crippen molar-refractivity contribution in [3.63, 3.8) is 0 Å². The van der Waals surface area contributed by atoms with Crippen molar-refractivity contribution in [2.24, 2.45) is 11.7 Å². The van der Waals surface area contributed by atoms with Crippen LogP contribution >= 0.6 is 0 Å². The number of hydrogen-bond acceptors (Lipinski definition) is 3. The third-order valence-corrected chi connectivity index (χ3v) is 3.82. The summed E-state index contributed by atoms with van der Waals surface area (Å²) in [5.41, 5.74) is 7.33. The number of benzene rings is 1. The van der Waals surface area contributed by atoms with Crippen LogP contribution in [0.15, 0.2) is 18.2 Å². The first kappa shape index (κ1) is 15.4. The number of piperazine rings is 1. The Balaban J connectivity index is 1.86. The normalized spacial score (nSPS) is 17.9. The summed E-state index contributed by atoms with van der Waals surface area (Å²) in [6, 6.07) is 5.30. The molecule has 20 heavy (non-hydrogen) atoms. The van der Waals surface area contributed by atoms with Crippen molar-refractivity contribution in [3.8, 4) is 0 Å². The lowest BCUT2D eigenvalue weighted by atomic mass is 10.1. The van der Waals surface area contributed by atoms with E-state index in [-0.39, 0.29) is 12.4 Å². The average molecular weight is 279 g/mol. The molecular weight excluding hydrogens is 253 g/mol. The predicted octanol–water partition coefficient (Wildman–Crippen LogP) is 2.06. The van der Waals surface area contributed by atoms with Gasteiger partial charge in [-0.2, -0.15) is 0 Å². The molecule has 0 amide bonds. The molecule has 4 heteroatoms. The Kier molecular flexibility index (Phi) is 5.52. The summed E-state index contributed by atoms with van der Waals surface area (Å²) in [5, 5.41) is 0. The largest absolute Gasteiger partial charge is 0.326 e. The molecule has 1 heterocycles. The minimum atomic E-state index is -0.196. The summed E-state index contributed by atoms with van der Waals surface area (Å²) in [4.78, 5) is 4.96. The fourth-order valence-corrected chi connectivity index (χ4v) is 2.79. The summed E-state index contributed by atoms with van der Waals surface area (Å²) in [5.74, 6) is 0.531. The van der Waals surface area contributed by atoms with Crippen LogP contribution in [0.2, 0.25) is 0 Å². The quantitative estimate of drug-likeness (QED) is 0.895. The van der Waals surface area contributed by atoms with Crippen LogP contribution in [0.4, 0.5) is 4.39 Å². The highest BCUT2D eigenvalue weighted by atomic mass is 19.1. The maximum Gasteiger partial charge on any atom is 0.127 e. The Labute approximate surface area is 121 Å². The van der Waals surface area contributed by atoms with Gasteiger partial charge in [-0.25, -0.2) is 4.39 Å². The maximum atomic E-state index is 13.4. The Morgan fingerprint density at radius 3 is 2.40 bits per heavy atom. The van der Waals surface area contributed by atoms with E-state index in [4.69, 9.17) is 5.73 Å². The Hall–Kier alpha value is -0.970. The van der Waals surface area contributed by atoms with E-state index in [1.807, 2.05) is 12.1 Å². The minimum absolute atomic E-state index is 0.196. The molecule has 1 aromatic carbocycles. The summed E-state index contributed by atoms with van der Waals surface area (Å²) in [7, 11) is 0. The van der Waals surface area contributed by atoms with Crippen molar-refractivity contribution < 1.29 is 4.39 Å². The molecule has 0 atom stereocenters. The van der Waals surface area contributed by atoms with Gasteiger partial charge in [0, 0.05) is 51.4 Å². The molecule has 112 valence electrons.